The molecule has 182 valence electrons. The lowest BCUT2D eigenvalue weighted by atomic mass is 9.46. The second-order valence-corrected chi connectivity index (χ2v) is 10.6. The van der Waals surface area contributed by atoms with Crippen LogP contribution in [-0.4, -0.2) is 56.5 Å². The van der Waals surface area contributed by atoms with Crippen molar-refractivity contribution in [2.45, 2.75) is 44.9 Å². The fraction of sp³-hybridized carbons (Fsp3) is 0.615. The van der Waals surface area contributed by atoms with Gasteiger partial charge in [0.1, 0.15) is 18.8 Å². The maximum Gasteiger partial charge on any atom is 0.508 e. The van der Waals surface area contributed by atoms with Crippen LogP contribution in [-0.2, 0) is 39.8 Å². The Morgan fingerprint density at radius 3 is 2.47 bits per heavy atom. The molecular formula is C26H30O8. The van der Waals surface area contributed by atoms with E-state index in [-0.39, 0.29) is 24.4 Å². The minimum Gasteiger partial charge on any atom is -0.465 e. The number of hydrogen-bond acceptors (Lipinski definition) is 8. The molecule has 8 nitrogen and oxygen atoms in total. The van der Waals surface area contributed by atoms with Gasteiger partial charge in [0, 0.05) is 18.3 Å². The maximum atomic E-state index is 13.2. The fourth-order valence-corrected chi connectivity index (χ4v) is 6.75. The first-order chi connectivity index (χ1) is 16.3. The zero-order valence-electron chi connectivity index (χ0n) is 19.4. The van der Waals surface area contributed by atoms with E-state index in [1.165, 1.54) is 0 Å². The molecule has 0 unspecified atom stereocenters. The van der Waals surface area contributed by atoms with Crippen molar-refractivity contribution in [3.05, 3.63) is 48.0 Å². The number of rotatable bonds is 4. The molecule has 0 radical (unpaired) electrons. The van der Waals surface area contributed by atoms with Crippen molar-refractivity contribution in [1.29, 1.82) is 0 Å². The van der Waals surface area contributed by atoms with Crippen LogP contribution in [0.15, 0.2) is 42.5 Å². The molecule has 34 heavy (non-hydrogen) atoms. The molecule has 1 saturated carbocycles. The third kappa shape index (κ3) is 3.22. The summed E-state index contributed by atoms with van der Waals surface area (Å²) in [6, 6.07) is 9.93. The van der Waals surface area contributed by atoms with Crippen LogP contribution in [0.2, 0.25) is 0 Å². The molecule has 3 saturated heterocycles. The highest BCUT2D eigenvalue weighted by Gasteiger charge is 2.74. The van der Waals surface area contributed by atoms with Crippen molar-refractivity contribution in [3.8, 4) is 0 Å². The molecule has 0 aromatic heterocycles. The quantitative estimate of drug-likeness (QED) is 0.490. The summed E-state index contributed by atoms with van der Waals surface area (Å²) in [5, 5.41) is 0. The summed E-state index contributed by atoms with van der Waals surface area (Å²) >= 11 is 0. The molecule has 1 aromatic rings. The van der Waals surface area contributed by atoms with Gasteiger partial charge in [-0.15, -0.1) is 0 Å². The molecule has 6 atom stereocenters. The summed E-state index contributed by atoms with van der Waals surface area (Å²) in [7, 11) is 0. The van der Waals surface area contributed by atoms with E-state index in [9.17, 15) is 9.59 Å². The van der Waals surface area contributed by atoms with Crippen LogP contribution in [0.4, 0.5) is 4.79 Å². The van der Waals surface area contributed by atoms with Gasteiger partial charge < -0.3 is 28.4 Å². The number of fused-ring (bicyclic) bond motifs is 4. The number of carbonyl (C=O) groups excluding carboxylic acids is 2. The minimum absolute atomic E-state index is 0.172. The van der Waals surface area contributed by atoms with Crippen molar-refractivity contribution in [2.75, 3.05) is 26.4 Å². The van der Waals surface area contributed by atoms with Crippen molar-refractivity contribution in [2.24, 2.45) is 28.6 Å². The number of ether oxygens (including phenoxy) is 6. The van der Waals surface area contributed by atoms with Crippen molar-refractivity contribution >= 4 is 12.1 Å². The molecular weight excluding hydrogens is 440 g/mol. The van der Waals surface area contributed by atoms with Crippen molar-refractivity contribution < 1.29 is 38.0 Å². The Morgan fingerprint density at radius 1 is 0.971 bits per heavy atom. The summed E-state index contributed by atoms with van der Waals surface area (Å²) in [5.41, 5.74) is -0.262. The van der Waals surface area contributed by atoms with Gasteiger partial charge in [0.2, 0.25) is 0 Å². The van der Waals surface area contributed by atoms with Gasteiger partial charge in [0.05, 0.1) is 43.2 Å². The lowest BCUT2D eigenvalue weighted by molar-refractivity contribution is -0.339. The minimum atomic E-state index is -0.724. The molecule has 2 bridgehead atoms. The smallest absolute Gasteiger partial charge is 0.465 e. The van der Waals surface area contributed by atoms with Gasteiger partial charge in [0.25, 0.3) is 0 Å². The zero-order chi connectivity index (χ0) is 23.6. The highest BCUT2D eigenvalue weighted by atomic mass is 16.7. The van der Waals surface area contributed by atoms with Gasteiger partial charge in [0.15, 0.2) is 5.79 Å². The highest BCUT2D eigenvalue weighted by Crippen LogP contribution is 2.65. The Morgan fingerprint density at radius 2 is 1.71 bits per heavy atom. The van der Waals surface area contributed by atoms with Crippen LogP contribution in [0.1, 0.15) is 25.8 Å². The predicted octanol–water partition coefficient (Wildman–Crippen LogP) is 3.24. The van der Waals surface area contributed by atoms with Crippen molar-refractivity contribution in [1.82, 2.24) is 0 Å². The van der Waals surface area contributed by atoms with E-state index in [0.29, 0.717) is 32.8 Å². The Hall–Kier alpha value is -2.42. The standard InChI is InChI=1S/C26H30O8/c1-24(2)31-13-25(14-32-24)18-9-8-17(12-29-11-16-6-4-3-5-7-16)21-22(27)30-15-26(18,21)20-10-19(25)33-23(28)34-20/h3-9,17-21H,10-15H2,1-2H3/t17-,18+,19-,20+,21-,26-/m1/s1. The first-order valence-electron chi connectivity index (χ1n) is 12.0. The summed E-state index contributed by atoms with van der Waals surface area (Å²) in [6.07, 6.45) is 3.08. The lowest BCUT2D eigenvalue weighted by Gasteiger charge is -2.63. The molecule has 8 heteroatoms. The maximum absolute atomic E-state index is 13.2. The molecule has 0 N–H and O–H groups in total. The van der Waals surface area contributed by atoms with E-state index in [1.807, 2.05) is 44.2 Å². The topological polar surface area (TPSA) is 89.5 Å². The van der Waals surface area contributed by atoms with Crippen LogP contribution in [0.5, 0.6) is 0 Å². The molecule has 0 amide bonds. The molecule has 5 aliphatic rings. The zero-order valence-corrected chi connectivity index (χ0v) is 19.4. The van der Waals surface area contributed by atoms with E-state index in [1.54, 1.807) is 0 Å². The van der Waals surface area contributed by atoms with Crippen LogP contribution in [0, 0.1) is 28.6 Å². The van der Waals surface area contributed by atoms with E-state index in [4.69, 9.17) is 28.4 Å². The molecule has 3 heterocycles. The van der Waals surface area contributed by atoms with Crippen LogP contribution < -0.4 is 0 Å². The molecule has 4 fully saturated rings. The first kappa shape index (κ1) is 22.1. The lowest BCUT2D eigenvalue weighted by Crippen LogP contribution is -2.71. The Balaban J connectivity index is 1.34. The second kappa shape index (κ2) is 7.80. The largest absolute Gasteiger partial charge is 0.508 e. The predicted molar refractivity (Wildman–Crippen MR) is 117 cm³/mol. The molecule has 1 aromatic carbocycles. The average Bonchev–Trinajstić information content (AvgIpc) is 3.18. The third-order valence-corrected chi connectivity index (χ3v) is 8.42. The summed E-state index contributed by atoms with van der Waals surface area (Å²) in [5.74, 6) is -1.83. The van der Waals surface area contributed by atoms with Gasteiger partial charge in [-0.2, -0.15) is 0 Å². The number of carbonyl (C=O) groups is 2. The Labute approximate surface area is 198 Å². The van der Waals surface area contributed by atoms with Crippen LogP contribution >= 0.6 is 0 Å². The summed E-state index contributed by atoms with van der Waals surface area (Å²) in [6.45, 7) is 5.48. The summed E-state index contributed by atoms with van der Waals surface area (Å²) in [4.78, 5) is 25.7. The van der Waals surface area contributed by atoms with Gasteiger partial charge >= 0.3 is 12.1 Å². The number of cyclic esters (lactones) is 1. The first-order valence-corrected chi connectivity index (χ1v) is 12.0. The molecule has 2 spiro atoms. The second-order valence-electron chi connectivity index (χ2n) is 10.6. The summed E-state index contributed by atoms with van der Waals surface area (Å²) < 4.78 is 35.4. The van der Waals surface area contributed by atoms with Crippen LogP contribution in [0.3, 0.4) is 0 Å². The van der Waals surface area contributed by atoms with Gasteiger partial charge in [-0.3, -0.25) is 4.79 Å². The van der Waals surface area contributed by atoms with Gasteiger partial charge in [-0.25, -0.2) is 4.79 Å². The highest BCUT2D eigenvalue weighted by molar-refractivity contribution is 5.78. The van der Waals surface area contributed by atoms with Crippen LogP contribution in [0.25, 0.3) is 0 Å². The van der Waals surface area contributed by atoms with E-state index < -0.39 is 40.9 Å². The van der Waals surface area contributed by atoms with Gasteiger partial charge in [-0.1, -0.05) is 42.5 Å². The molecule has 6 rings (SSSR count). The van der Waals surface area contributed by atoms with E-state index >= 15 is 0 Å². The third-order valence-electron chi connectivity index (χ3n) is 8.42. The van der Waals surface area contributed by atoms with E-state index in [2.05, 4.69) is 12.2 Å². The average molecular weight is 471 g/mol. The normalized spacial score (nSPS) is 38.9. The monoisotopic (exact) mass is 470 g/mol. The Bertz CT molecular complexity index is 993. The number of benzene rings is 1. The number of hydrogen-bond donors (Lipinski definition) is 0. The Kier molecular flexibility index (Phi) is 5.06. The van der Waals surface area contributed by atoms with Gasteiger partial charge in [-0.05, 0) is 19.4 Å². The SMILES string of the molecule is CC1(C)OCC2(CO1)[C@H]1C[C@H](OC(=O)O1)[C@]13COC(=O)[C@H]1[C@@H](COCc1ccccc1)C=C[C@@H]23. The number of allylic oxidation sites excluding steroid dienone is 1. The molecule has 2 aliphatic carbocycles. The number of esters is 1. The molecule has 3 aliphatic heterocycles. The van der Waals surface area contributed by atoms with E-state index in [0.717, 1.165) is 5.56 Å². The fourth-order valence-electron chi connectivity index (χ4n) is 6.75. The van der Waals surface area contributed by atoms with Crippen molar-refractivity contribution in [3.63, 3.8) is 0 Å².